The number of ether oxygens (including phenoxy) is 1. The van der Waals surface area contributed by atoms with Crippen molar-refractivity contribution in [2.75, 3.05) is 19.0 Å². The van der Waals surface area contributed by atoms with E-state index in [1.807, 2.05) is 44.3 Å². The second kappa shape index (κ2) is 6.67. The van der Waals surface area contributed by atoms with E-state index in [9.17, 15) is 5.26 Å². The molecule has 0 unspecified atom stereocenters. The Hall–Kier alpha value is -2.93. The molecule has 2 aromatic carbocycles. The second-order valence-electron chi connectivity index (χ2n) is 5.52. The third-order valence-corrected chi connectivity index (χ3v) is 4.22. The monoisotopic (exact) mass is 319 g/mol. The number of aryl methyl sites for hydroxylation is 1. The van der Waals surface area contributed by atoms with Crippen molar-refractivity contribution in [2.24, 2.45) is 0 Å². The van der Waals surface area contributed by atoms with E-state index in [-0.39, 0.29) is 0 Å². The number of nitrogens with one attached hydrogen (secondary N) is 1. The van der Waals surface area contributed by atoms with Gasteiger partial charge in [0.05, 0.1) is 23.4 Å². The molecule has 0 atom stereocenters. The summed E-state index contributed by atoms with van der Waals surface area (Å²) >= 11 is 0. The first-order valence-electron chi connectivity index (χ1n) is 8.20. The minimum absolute atomic E-state index is 0.627. The molecule has 1 heterocycles. The lowest BCUT2D eigenvalue weighted by Gasteiger charge is -2.10. The summed E-state index contributed by atoms with van der Waals surface area (Å²) in [5.41, 5.74) is 4.81. The van der Waals surface area contributed by atoms with E-state index >= 15 is 0 Å². The summed E-state index contributed by atoms with van der Waals surface area (Å²) in [5.74, 6) is 0.832. The Labute approximate surface area is 142 Å². The number of fused-ring (bicyclic) bond motifs is 1. The molecule has 1 N–H and O–H groups in total. The molecule has 0 aliphatic rings. The highest BCUT2D eigenvalue weighted by Crippen LogP contribution is 2.35. The predicted molar refractivity (Wildman–Crippen MR) is 98.5 cm³/mol. The van der Waals surface area contributed by atoms with Gasteiger partial charge in [-0.25, -0.2) is 0 Å². The lowest BCUT2D eigenvalue weighted by molar-refractivity contribution is 0.340. The molecule has 0 radical (unpaired) electrons. The van der Waals surface area contributed by atoms with Gasteiger partial charge in [-0.1, -0.05) is 12.1 Å². The van der Waals surface area contributed by atoms with Gasteiger partial charge in [0.25, 0.3) is 0 Å². The van der Waals surface area contributed by atoms with Gasteiger partial charge in [-0.3, -0.25) is 0 Å². The molecule has 0 saturated carbocycles. The van der Waals surface area contributed by atoms with Gasteiger partial charge in [0.2, 0.25) is 0 Å². The summed E-state index contributed by atoms with van der Waals surface area (Å²) in [7, 11) is 1.90. The van der Waals surface area contributed by atoms with E-state index in [4.69, 9.17) is 4.74 Å². The molecule has 1 aromatic heterocycles. The maximum atomic E-state index is 9.75. The first-order chi connectivity index (χ1) is 11.7. The minimum atomic E-state index is 0.627. The molecule has 0 aliphatic carbocycles. The van der Waals surface area contributed by atoms with Crippen molar-refractivity contribution in [1.82, 2.24) is 4.57 Å². The van der Waals surface area contributed by atoms with Crippen LogP contribution < -0.4 is 10.1 Å². The van der Waals surface area contributed by atoms with Crippen molar-refractivity contribution in [3.8, 4) is 23.1 Å². The number of hydrogen-bond acceptors (Lipinski definition) is 3. The molecule has 3 aromatic rings. The number of nitrogens with zero attached hydrogens (tertiary/aromatic N) is 2. The normalized spacial score (nSPS) is 10.6. The van der Waals surface area contributed by atoms with Gasteiger partial charge in [0.1, 0.15) is 11.8 Å². The summed E-state index contributed by atoms with van der Waals surface area (Å²) in [6, 6.07) is 16.5. The first-order valence-corrected chi connectivity index (χ1v) is 8.20. The van der Waals surface area contributed by atoms with Gasteiger partial charge in [-0.05, 0) is 43.7 Å². The smallest absolute Gasteiger partial charge is 0.121 e. The lowest BCUT2D eigenvalue weighted by Crippen LogP contribution is -1.98. The van der Waals surface area contributed by atoms with Crippen molar-refractivity contribution in [1.29, 1.82) is 5.26 Å². The summed E-state index contributed by atoms with van der Waals surface area (Å²) in [6.07, 6.45) is 0. The fourth-order valence-electron chi connectivity index (χ4n) is 3.12. The number of rotatable bonds is 5. The number of hydrogen-bond donors (Lipinski definition) is 1. The van der Waals surface area contributed by atoms with Crippen LogP contribution in [-0.2, 0) is 6.54 Å². The predicted octanol–water partition coefficient (Wildman–Crippen LogP) is 4.64. The maximum absolute atomic E-state index is 9.75. The van der Waals surface area contributed by atoms with Gasteiger partial charge >= 0.3 is 0 Å². The van der Waals surface area contributed by atoms with Crippen LogP contribution in [0.4, 0.5) is 5.69 Å². The average Bonchev–Trinajstić information content (AvgIpc) is 2.94. The number of nitriles is 1. The molecular formula is C20H21N3O. The molecule has 0 bridgehead atoms. The van der Waals surface area contributed by atoms with Crippen molar-refractivity contribution in [2.45, 2.75) is 20.4 Å². The quantitative estimate of drug-likeness (QED) is 0.745. The van der Waals surface area contributed by atoms with Gasteiger partial charge in [0, 0.05) is 30.7 Å². The standard InChI is InChI=1S/C20H21N3O/c1-4-23-19-12-16(24-5-2)10-11-17(19)18(13-21)20(23)14-6-8-15(22-3)9-7-14/h6-12,22H,4-5H2,1-3H3. The number of aromatic nitrogens is 1. The second-order valence-corrected chi connectivity index (χ2v) is 5.52. The first kappa shape index (κ1) is 15.9. The Morgan fingerprint density at radius 2 is 1.88 bits per heavy atom. The van der Waals surface area contributed by atoms with E-state index in [1.165, 1.54) is 0 Å². The van der Waals surface area contributed by atoms with E-state index in [1.54, 1.807) is 0 Å². The van der Waals surface area contributed by atoms with Crippen molar-refractivity contribution in [3.05, 3.63) is 48.0 Å². The van der Waals surface area contributed by atoms with E-state index < -0.39 is 0 Å². The zero-order valence-electron chi connectivity index (χ0n) is 14.3. The van der Waals surface area contributed by atoms with Crippen LogP contribution in [-0.4, -0.2) is 18.2 Å². The van der Waals surface area contributed by atoms with Crippen LogP contribution in [0.2, 0.25) is 0 Å². The van der Waals surface area contributed by atoms with Crippen LogP contribution in [0.25, 0.3) is 22.2 Å². The van der Waals surface area contributed by atoms with E-state index in [0.29, 0.717) is 12.2 Å². The highest BCUT2D eigenvalue weighted by Gasteiger charge is 2.18. The molecule has 122 valence electrons. The summed E-state index contributed by atoms with van der Waals surface area (Å²) in [5, 5.41) is 13.8. The third kappa shape index (κ3) is 2.59. The Morgan fingerprint density at radius 1 is 1.12 bits per heavy atom. The Balaban J connectivity index is 2.27. The van der Waals surface area contributed by atoms with Gasteiger partial charge in [-0.15, -0.1) is 0 Å². The molecule has 0 saturated heterocycles. The summed E-state index contributed by atoms with van der Waals surface area (Å²) < 4.78 is 7.81. The Bertz CT molecular complexity index is 901. The zero-order valence-corrected chi connectivity index (χ0v) is 14.3. The van der Waals surface area contributed by atoms with Gasteiger partial charge in [-0.2, -0.15) is 5.26 Å². The van der Waals surface area contributed by atoms with Crippen molar-refractivity contribution >= 4 is 16.6 Å². The highest BCUT2D eigenvalue weighted by atomic mass is 16.5. The maximum Gasteiger partial charge on any atom is 0.121 e. The molecule has 4 heteroatoms. The zero-order chi connectivity index (χ0) is 17.1. The Morgan fingerprint density at radius 3 is 2.46 bits per heavy atom. The summed E-state index contributed by atoms with van der Waals surface area (Å²) in [4.78, 5) is 0. The van der Waals surface area contributed by atoms with Crippen LogP contribution >= 0.6 is 0 Å². The fourth-order valence-corrected chi connectivity index (χ4v) is 3.12. The topological polar surface area (TPSA) is 50.0 Å². The number of benzene rings is 2. The van der Waals surface area contributed by atoms with E-state index in [0.717, 1.165) is 40.1 Å². The van der Waals surface area contributed by atoms with Crippen LogP contribution in [0.1, 0.15) is 19.4 Å². The Kier molecular flexibility index (Phi) is 4.43. The largest absolute Gasteiger partial charge is 0.494 e. The molecule has 0 fully saturated rings. The van der Waals surface area contributed by atoms with Crippen LogP contribution in [0.3, 0.4) is 0 Å². The van der Waals surface area contributed by atoms with Crippen LogP contribution in [0, 0.1) is 11.3 Å². The summed E-state index contributed by atoms with van der Waals surface area (Å²) in [6.45, 7) is 5.48. The SMILES string of the molecule is CCOc1ccc2c(C#N)c(-c3ccc(NC)cc3)n(CC)c2c1. The highest BCUT2D eigenvalue weighted by molar-refractivity contribution is 5.95. The molecule has 0 aliphatic heterocycles. The van der Waals surface area contributed by atoms with Crippen molar-refractivity contribution < 1.29 is 4.74 Å². The fraction of sp³-hybridized carbons (Fsp3) is 0.250. The minimum Gasteiger partial charge on any atom is -0.494 e. The molecule has 0 amide bonds. The van der Waals surface area contributed by atoms with Crippen LogP contribution in [0.5, 0.6) is 5.75 Å². The molecule has 3 rings (SSSR count). The molecule has 0 spiro atoms. The van der Waals surface area contributed by atoms with Gasteiger partial charge < -0.3 is 14.6 Å². The molecule has 4 nitrogen and oxygen atoms in total. The van der Waals surface area contributed by atoms with Crippen LogP contribution in [0.15, 0.2) is 42.5 Å². The molecular weight excluding hydrogens is 298 g/mol. The van der Waals surface area contributed by atoms with Crippen molar-refractivity contribution in [3.63, 3.8) is 0 Å². The lowest BCUT2D eigenvalue weighted by atomic mass is 10.1. The number of anilines is 1. The van der Waals surface area contributed by atoms with Gasteiger partial charge in [0.15, 0.2) is 0 Å². The van der Waals surface area contributed by atoms with E-state index in [2.05, 4.69) is 35.0 Å². The molecule has 24 heavy (non-hydrogen) atoms. The average molecular weight is 319 g/mol. The third-order valence-electron chi connectivity index (χ3n) is 4.22.